The molecule has 2 saturated heterocycles. The molecular weight excluding hydrogens is 303 g/mol. The van der Waals surface area contributed by atoms with Gasteiger partial charge in [0.25, 0.3) is 0 Å². The van der Waals surface area contributed by atoms with Crippen molar-refractivity contribution in [3.63, 3.8) is 0 Å². The van der Waals surface area contributed by atoms with Gasteiger partial charge in [-0.1, -0.05) is 31.4 Å². The molecule has 130 valence electrons. The van der Waals surface area contributed by atoms with Gasteiger partial charge in [0, 0.05) is 19.1 Å². The predicted molar refractivity (Wildman–Crippen MR) is 91.9 cm³/mol. The van der Waals surface area contributed by atoms with Crippen LogP contribution in [-0.4, -0.2) is 40.9 Å². The van der Waals surface area contributed by atoms with Crippen LogP contribution in [0.1, 0.15) is 50.5 Å². The van der Waals surface area contributed by atoms with Crippen molar-refractivity contribution in [1.82, 2.24) is 9.80 Å². The third kappa shape index (κ3) is 3.21. The number of benzene rings is 1. The Morgan fingerprint density at radius 3 is 2.75 bits per heavy atom. The van der Waals surface area contributed by atoms with E-state index in [-0.39, 0.29) is 17.8 Å². The zero-order valence-corrected chi connectivity index (χ0v) is 14.3. The number of carbonyl (C=O) groups is 1. The van der Waals surface area contributed by atoms with Crippen LogP contribution in [-0.2, 0) is 11.3 Å². The van der Waals surface area contributed by atoms with Gasteiger partial charge in [-0.15, -0.1) is 0 Å². The van der Waals surface area contributed by atoms with Crippen molar-refractivity contribution in [3.05, 3.63) is 35.6 Å². The Balaban J connectivity index is 1.49. The molecule has 2 atom stereocenters. The highest BCUT2D eigenvalue weighted by Gasteiger charge is 2.43. The van der Waals surface area contributed by atoms with E-state index in [0.717, 1.165) is 25.1 Å². The van der Waals surface area contributed by atoms with Crippen LogP contribution >= 0.6 is 0 Å². The molecule has 1 aliphatic carbocycles. The molecule has 0 radical (unpaired) electrons. The first-order valence-electron chi connectivity index (χ1n) is 9.49. The number of amides is 1. The van der Waals surface area contributed by atoms with Gasteiger partial charge in [0.1, 0.15) is 5.82 Å². The summed E-state index contributed by atoms with van der Waals surface area (Å²) in [4.78, 5) is 17.6. The highest BCUT2D eigenvalue weighted by molar-refractivity contribution is 5.83. The lowest BCUT2D eigenvalue weighted by atomic mass is 9.82. The smallest absolute Gasteiger partial charge is 0.240 e. The SMILES string of the molecule is O=C1[C@H]2C[C@H](CCN2C2CCCCC2)CN1Cc1cccc(F)c1. The third-order valence-corrected chi connectivity index (χ3v) is 6.13. The van der Waals surface area contributed by atoms with Gasteiger partial charge in [0.05, 0.1) is 6.04 Å². The van der Waals surface area contributed by atoms with Crippen LogP contribution in [0, 0.1) is 11.7 Å². The van der Waals surface area contributed by atoms with Crippen LogP contribution in [0.25, 0.3) is 0 Å². The summed E-state index contributed by atoms with van der Waals surface area (Å²) in [6.45, 7) is 2.46. The van der Waals surface area contributed by atoms with Gasteiger partial charge in [-0.3, -0.25) is 9.69 Å². The molecule has 0 N–H and O–H groups in total. The molecular formula is C20H27FN2O. The molecule has 4 heteroatoms. The van der Waals surface area contributed by atoms with Gasteiger partial charge < -0.3 is 4.90 Å². The van der Waals surface area contributed by atoms with Gasteiger partial charge in [0.15, 0.2) is 0 Å². The van der Waals surface area contributed by atoms with Gasteiger partial charge in [-0.05, 0) is 55.8 Å². The fourth-order valence-electron chi connectivity index (χ4n) is 4.93. The minimum Gasteiger partial charge on any atom is -0.337 e. The van der Waals surface area contributed by atoms with Gasteiger partial charge in [0.2, 0.25) is 5.91 Å². The first kappa shape index (κ1) is 16.1. The normalized spacial score (nSPS) is 29.0. The van der Waals surface area contributed by atoms with Crippen LogP contribution in [0.2, 0.25) is 0 Å². The number of rotatable bonds is 3. The summed E-state index contributed by atoms with van der Waals surface area (Å²) in [6.07, 6.45) is 8.67. The maximum Gasteiger partial charge on any atom is 0.240 e. The molecule has 24 heavy (non-hydrogen) atoms. The van der Waals surface area contributed by atoms with E-state index in [2.05, 4.69) is 4.90 Å². The van der Waals surface area contributed by atoms with E-state index in [9.17, 15) is 9.18 Å². The number of halogens is 1. The summed E-state index contributed by atoms with van der Waals surface area (Å²) >= 11 is 0. The monoisotopic (exact) mass is 330 g/mol. The minimum atomic E-state index is -0.221. The predicted octanol–water partition coefficient (Wildman–Crippen LogP) is 3.58. The number of piperidine rings is 2. The number of carbonyl (C=O) groups excluding carboxylic acids is 1. The first-order chi connectivity index (χ1) is 11.7. The largest absolute Gasteiger partial charge is 0.337 e. The number of nitrogens with zero attached hydrogens (tertiary/aromatic N) is 2. The Morgan fingerprint density at radius 1 is 1.12 bits per heavy atom. The Kier molecular flexibility index (Phi) is 4.57. The van der Waals surface area contributed by atoms with Gasteiger partial charge in [-0.2, -0.15) is 0 Å². The maximum atomic E-state index is 13.4. The second-order valence-corrected chi connectivity index (χ2v) is 7.78. The van der Waals surface area contributed by atoms with Crippen molar-refractivity contribution in [2.75, 3.05) is 13.1 Å². The zero-order valence-electron chi connectivity index (χ0n) is 14.3. The summed E-state index contributed by atoms with van der Waals surface area (Å²) < 4.78 is 13.4. The molecule has 4 rings (SSSR count). The molecule has 1 amide bonds. The number of likely N-dealkylation sites (tertiary alicyclic amines) is 2. The minimum absolute atomic E-state index is 0.0640. The summed E-state index contributed by atoms with van der Waals surface area (Å²) in [5.74, 6) is 0.655. The number of hydrogen-bond donors (Lipinski definition) is 0. The van der Waals surface area contributed by atoms with Crippen molar-refractivity contribution in [1.29, 1.82) is 0 Å². The standard InChI is InChI=1S/C20H27FN2O/c21-17-6-4-5-15(11-17)13-22-14-16-9-10-23(19(12-16)20(22)24)18-7-2-1-3-8-18/h4-6,11,16,18-19H,1-3,7-10,12-14H2/t16-,19+/m0/s1. The number of hydrogen-bond acceptors (Lipinski definition) is 2. The second kappa shape index (κ2) is 6.83. The molecule has 2 bridgehead atoms. The third-order valence-electron chi connectivity index (χ3n) is 6.13. The molecule has 1 aromatic rings. The molecule has 0 aromatic heterocycles. The topological polar surface area (TPSA) is 23.6 Å². The van der Waals surface area contributed by atoms with E-state index in [4.69, 9.17) is 0 Å². The van der Waals surface area contributed by atoms with E-state index in [1.807, 2.05) is 11.0 Å². The van der Waals surface area contributed by atoms with Crippen molar-refractivity contribution < 1.29 is 9.18 Å². The summed E-state index contributed by atoms with van der Waals surface area (Å²) in [5, 5.41) is 0. The van der Waals surface area contributed by atoms with Crippen molar-refractivity contribution in [2.24, 2.45) is 5.92 Å². The maximum absolute atomic E-state index is 13.4. The molecule has 1 aromatic carbocycles. The zero-order chi connectivity index (χ0) is 16.5. The molecule has 0 spiro atoms. The average Bonchev–Trinajstić information content (AvgIpc) is 2.60. The molecule has 3 fully saturated rings. The van der Waals surface area contributed by atoms with Crippen LogP contribution in [0.4, 0.5) is 4.39 Å². The lowest BCUT2D eigenvalue weighted by molar-refractivity contribution is -0.148. The molecule has 2 heterocycles. The first-order valence-corrected chi connectivity index (χ1v) is 9.49. The Labute approximate surface area is 143 Å². The molecule has 1 saturated carbocycles. The van der Waals surface area contributed by atoms with Crippen molar-refractivity contribution in [2.45, 2.75) is 63.6 Å². The van der Waals surface area contributed by atoms with Crippen LogP contribution in [0.3, 0.4) is 0 Å². The van der Waals surface area contributed by atoms with E-state index < -0.39 is 0 Å². The van der Waals surface area contributed by atoms with Crippen molar-refractivity contribution >= 4 is 5.91 Å². The molecule has 0 unspecified atom stereocenters. The Hall–Kier alpha value is -1.42. The number of fused-ring (bicyclic) bond motifs is 2. The van der Waals surface area contributed by atoms with E-state index in [0.29, 0.717) is 18.5 Å². The van der Waals surface area contributed by atoms with Crippen LogP contribution in [0.5, 0.6) is 0 Å². The fraction of sp³-hybridized carbons (Fsp3) is 0.650. The van der Waals surface area contributed by atoms with E-state index >= 15 is 0 Å². The van der Waals surface area contributed by atoms with Gasteiger partial charge in [-0.25, -0.2) is 4.39 Å². The Bertz CT molecular complexity index is 599. The van der Waals surface area contributed by atoms with Crippen molar-refractivity contribution in [3.8, 4) is 0 Å². The van der Waals surface area contributed by atoms with Crippen LogP contribution in [0.15, 0.2) is 24.3 Å². The summed E-state index contributed by atoms with van der Waals surface area (Å²) in [7, 11) is 0. The molecule has 3 aliphatic rings. The van der Waals surface area contributed by atoms with Gasteiger partial charge >= 0.3 is 0 Å². The lowest BCUT2D eigenvalue weighted by Gasteiger charge is -2.49. The highest BCUT2D eigenvalue weighted by Crippen LogP contribution is 2.35. The fourth-order valence-corrected chi connectivity index (χ4v) is 4.93. The molecule has 2 aliphatic heterocycles. The van der Waals surface area contributed by atoms with E-state index in [1.165, 1.54) is 44.6 Å². The highest BCUT2D eigenvalue weighted by atomic mass is 19.1. The quantitative estimate of drug-likeness (QED) is 0.846. The lowest BCUT2D eigenvalue weighted by Crippen LogP contribution is -2.61. The van der Waals surface area contributed by atoms with Crippen LogP contribution < -0.4 is 0 Å². The average molecular weight is 330 g/mol. The Morgan fingerprint density at radius 2 is 1.96 bits per heavy atom. The molecule has 3 nitrogen and oxygen atoms in total. The van der Waals surface area contributed by atoms with E-state index in [1.54, 1.807) is 12.1 Å². The summed E-state index contributed by atoms with van der Waals surface area (Å²) in [5.41, 5.74) is 0.896. The second-order valence-electron chi connectivity index (χ2n) is 7.78. The summed E-state index contributed by atoms with van der Waals surface area (Å²) in [6, 6.07) is 7.32.